The van der Waals surface area contributed by atoms with Gasteiger partial charge >= 0.3 is 6.03 Å². The minimum atomic E-state index is -0.395. The average Bonchev–Trinajstić information content (AvgIpc) is 2.50. The molecular formula is C17H24ClN3O2. The number of carbonyl (C=O) groups excluding carboxylic acids is 2. The van der Waals surface area contributed by atoms with Crippen LogP contribution >= 0.6 is 11.6 Å². The molecule has 1 aliphatic rings. The van der Waals surface area contributed by atoms with Gasteiger partial charge in [-0.05, 0) is 31.5 Å². The van der Waals surface area contributed by atoms with Crippen molar-refractivity contribution in [1.82, 2.24) is 15.5 Å². The fraction of sp³-hybridized carbons (Fsp3) is 0.529. The largest absolute Gasteiger partial charge is 0.335 e. The average molecular weight is 338 g/mol. The molecule has 2 rings (SSSR count). The Morgan fingerprint density at radius 2 is 1.91 bits per heavy atom. The predicted octanol–water partition coefficient (Wildman–Crippen LogP) is 2.93. The van der Waals surface area contributed by atoms with E-state index in [1.807, 2.05) is 36.2 Å². The van der Waals surface area contributed by atoms with Gasteiger partial charge in [-0.1, -0.05) is 49.1 Å². The van der Waals surface area contributed by atoms with Crippen molar-refractivity contribution in [3.8, 4) is 0 Å². The molecular weight excluding hydrogens is 314 g/mol. The number of carbonyl (C=O) groups is 2. The topological polar surface area (TPSA) is 61.4 Å². The molecule has 0 bridgehead atoms. The molecule has 1 saturated carbocycles. The van der Waals surface area contributed by atoms with Gasteiger partial charge in [0.2, 0.25) is 5.91 Å². The number of hydrogen-bond donors (Lipinski definition) is 2. The molecule has 5 nitrogen and oxygen atoms in total. The lowest BCUT2D eigenvalue weighted by Gasteiger charge is -2.23. The Balaban J connectivity index is 1.73. The molecule has 0 aliphatic heterocycles. The number of hydrogen-bond acceptors (Lipinski definition) is 3. The van der Waals surface area contributed by atoms with Gasteiger partial charge in [0.15, 0.2) is 0 Å². The SMILES string of the molecule is CN(CC(=O)NC(=O)NC1CCCCC1)Cc1ccccc1Cl. The summed E-state index contributed by atoms with van der Waals surface area (Å²) in [6.07, 6.45) is 5.49. The van der Waals surface area contributed by atoms with Crippen molar-refractivity contribution >= 4 is 23.5 Å². The van der Waals surface area contributed by atoms with E-state index in [0.717, 1.165) is 31.2 Å². The lowest BCUT2D eigenvalue weighted by Crippen LogP contribution is -2.47. The van der Waals surface area contributed by atoms with Crippen LogP contribution < -0.4 is 10.6 Å². The highest BCUT2D eigenvalue weighted by Gasteiger charge is 2.17. The van der Waals surface area contributed by atoms with Crippen molar-refractivity contribution in [3.63, 3.8) is 0 Å². The molecule has 0 atom stereocenters. The summed E-state index contributed by atoms with van der Waals surface area (Å²) in [5.74, 6) is -0.312. The quantitative estimate of drug-likeness (QED) is 0.868. The summed E-state index contributed by atoms with van der Waals surface area (Å²) in [6.45, 7) is 0.695. The molecule has 1 aromatic rings. The zero-order valence-electron chi connectivity index (χ0n) is 13.5. The molecule has 0 aromatic heterocycles. The number of nitrogens with zero attached hydrogens (tertiary/aromatic N) is 1. The second-order valence-electron chi connectivity index (χ2n) is 6.12. The number of nitrogens with one attached hydrogen (secondary N) is 2. The molecule has 3 amide bonds. The number of benzene rings is 1. The van der Waals surface area contributed by atoms with Crippen LogP contribution in [0.3, 0.4) is 0 Å². The molecule has 23 heavy (non-hydrogen) atoms. The molecule has 1 aromatic carbocycles. The van der Waals surface area contributed by atoms with Gasteiger partial charge in [0.1, 0.15) is 0 Å². The van der Waals surface area contributed by atoms with Crippen molar-refractivity contribution in [2.75, 3.05) is 13.6 Å². The number of halogens is 1. The number of likely N-dealkylation sites (N-methyl/N-ethyl adjacent to an activating group) is 1. The third-order valence-corrected chi connectivity index (χ3v) is 4.37. The Labute approximate surface area is 142 Å². The van der Waals surface area contributed by atoms with Gasteiger partial charge in [0, 0.05) is 17.6 Å². The van der Waals surface area contributed by atoms with Crippen LogP contribution in [0, 0.1) is 0 Å². The highest BCUT2D eigenvalue weighted by molar-refractivity contribution is 6.31. The first-order valence-corrected chi connectivity index (χ1v) is 8.44. The first-order chi connectivity index (χ1) is 11.0. The van der Waals surface area contributed by atoms with Gasteiger partial charge in [-0.2, -0.15) is 0 Å². The fourth-order valence-corrected chi connectivity index (χ4v) is 3.05. The van der Waals surface area contributed by atoms with E-state index >= 15 is 0 Å². The zero-order valence-corrected chi connectivity index (χ0v) is 14.2. The molecule has 1 aliphatic carbocycles. The first-order valence-electron chi connectivity index (χ1n) is 8.07. The second kappa shape index (κ2) is 8.89. The van der Waals surface area contributed by atoms with Crippen LogP contribution in [-0.4, -0.2) is 36.5 Å². The summed E-state index contributed by atoms with van der Waals surface area (Å²) >= 11 is 6.11. The Hall–Kier alpha value is -1.59. The van der Waals surface area contributed by atoms with Crippen LogP contribution in [0.15, 0.2) is 24.3 Å². The third kappa shape index (κ3) is 6.20. The van der Waals surface area contributed by atoms with Crippen LogP contribution in [0.25, 0.3) is 0 Å². The van der Waals surface area contributed by atoms with E-state index in [9.17, 15) is 9.59 Å². The van der Waals surface area contributed by atoms with E-state index in [1.165, 1.54) is 6.42 Å². The summed E-state index contributed by atoms with van der Waals surface area (Å²) in [4.78, 5) is 25.6. The Bertz CT molecular complexity index is 544. The van der Waals surface area contributed by atoms with Crippen molar-refractivity contribution in [3.05, 3.63) is 34.9 Å². The Morgan fingerprint density at radius 3 is 2.61 bits per heavy atom. The number of urea groups is 1. The van der Waals surface area contributed by atoms with Gasteiger partial charge in [0.05, 0.1) is 6.54 Å². The van der Waals surface area contributed by atoms with Crippen LogP contribution in [-0.2, 0) is 11.3 Å². The van der Waals surface area contributed by atoms with Crippen LogP contribution in [0.5, 0.6) is 0 Å². The van der Waals surface area contributed by atoms with E-state index in [4.69, 9.17) is 11.6 Å². The Morgan fingerprint density at radius 1 is 1.22 bits per heavy atom. The molecule has 0 unspecified atom stereocenters. The van der Waals surface area contributed by atoms with Crippen molar-refractivity contribution in [1.29, 1.82) is 0 Å². The van der Waals surface area contributed by atoms with E-state index in [-0.39, 0.29) is 18.5 Å². The van der Waals surface area contributed by atoms with Gasteiger partial charge in [-0.3, -0.25) is 15.0 Å². The molecule has 0 spiro atoms. The highest BCUT2D eigenvalue weighted by Crippen LogP contribution is 2.17. The van der Waals surface area contributed by atoms with Crippen LogP contribution in [0.2, 0.25) is 5.02 Å². The zero-order chi connectivity index (χ0) is 16.7. The monoisotopic (exact) mass is 337 g/mol. The lowest BCUT2D eigenvalue weighted by molar-refractivity contribution is -0.121. The van der Waals surface area contributed by atoms with Gasteiger partial charge < -0.3 is 5.32 Å². The number of imide groups is 1. The maximum Gasteiger partial charge on any atom is 0.321 e. The summed E-state index contributed by atoms with van der Waals surface area (Å²) < 4.78 is 0. The van der Waals surface area contributed by atoms with E-state index in [1.54, 1.807) is 0 Å². The normalized spacial score (nSPS) is 15.4. The van der Waals surface area contributed by atoms with E-state index < -0.39 is 6.03 Å². The molecule has 0 heterocycles. The summed E-state index contributed by atoms with van der Waals surface area (Å²) in [7, 11) is 1.82. The lowest BCUT2D eigenvalue weighted by atomic mass is 9.96. The maximum absolute atomic E-state index is 11.9. The predicted molar refractivity (Wildman–Crippen MR) is 91.3 cm³/mol. The van der Waals surface area contributed by atoms with Gasteiger partial charge in [-0.25, -0.2) is 4.79 Å². The molecule has 0 radical (unpaired) electrons. The maximum atomic E-state index is 11.9. The van der Waals surface area contributed by atoms with Crippen LogP contribution in [0.4, 0.5) is 4.79 Å². The van der Waals surface area contributed by atoms with Crippen molar-refractivity contribution in [2.45, 2.75) is 44.7 Å². The standard InChI is InChI=1S/C17H24ClN3O2/c1-21(11-13-7-5-6-10-15(13)18)12-16(22)20-17(23)19-14-8-3-2-4-9-14/h5-7,10,14H,2-4,8-9,11-12H2,1H3,(H2,19,20,22,23). The minimum absolute atomic E-state index is 0.142. The molecule has 126 valence electrons. The highest BCUT2D eigenvalue weighted by atomic mass is 35.5. The Kier molecular flexibility index (Phi) is 6.86. The summed E-state index contributed by atoms with van der Waals surface area (Å²) in [5, 5.41) is 5.94. The molecule has 0 saturated heterocycles. The minimum Gasteiger partial charge on any atom is -0.335 e. The van der Waals surface area contributed by atoms with E-state index in [0.29, 0.717) is 11.6 Å². The smallest absolute Gasteiger partial charge is 0.321 e. The van der Waals surface area contributed by atoms with Crippen LogP contribution in [0.1, 0.15) is 37.7 Å². The van der Waals surface area contributed by atoms with Crippen molar-refractivity contribution < 1.29 is 9.59 Å². The first kappa shape index (κ1) is 17.8. The molecule has 6 heteroatoms. The van der Waals surface area contributed by atoms with Gasteiger partial charge in [0.25, 0.3) is 0 Å². The fourth-order valence-electron chi connectivity index (χ4n) is 2.85. The number of amides is 3. The van der Waals surface area contributed by atoms with Gasteiger partial charge in [-0.15, -0.1) is 0 Å². The third-order valence-electron chi connectivity index (χ3n) is 4.00. The summed E-state index contributed by atoms with van der Waals surface area (Å²) in [5.41, 5.74) is 0.955. The second-order valence-corrected chi connectivity index (χ2v) is 6.53. The van der Waals surface area contributed by atoms with E-state index in [2.05, 4.69) is 10.6 Å². The molecule has 2 N–H and O–H groups in total. The summed E-state index contributed by atoms with van der Waals surface area (Å²) in [6, 6.07) is 7.32. The van der Waals surface area contributed by atoms with Crippen molar-refractivity contribution in [2.24, 2.45) is 0 Å². The molecule has 1 fully saturated rings. The number of rotatable bonds is 5.